The van der Waals surface area contributed by atoms with Crippen molar-refractivity contribution in [3.63, 3.8) is 0 Å². The number of sulfone groups is 1. The molecule has 4 aromatic rings. The first kappa shape index (κ1) is 22.9. The zero-order valence-electron chi connectivity index (χ0n) is 19.3. The lowest BCUT2D eigenvalue weighted by Gasteiger charge is -2.19. The second-order valence-corrected chi connectivity index (χ2v) is 10.6. The summed E-state index contributed by atoms with van der Waals surface area (Å²) in [6.45, 7) is 2.67. The second-order valence-electron chi connectivity index (χ2n) is 8.56. The number of amides is 1. The molecule has 0 radical (unpaired) electrons. The molecule has 0 saturated carbocycles. The minimum absolute atomic E-state index is 0.0348. The maximum absolute atomic E-state index is 13.9. The van der Waals surface area contributed by atoms with Gasteiger partial charge in [0.1, 0.15) is 5.82 Å². The van der Waals surface area contributed by atoms with Gasteiger partial charge < -0.3 is 4.90 Å². The third-order valence-electron chi connectivity index (χ3n) is 6.08. The number of carbonyl (C=O) groups is 1. The van der Waals surface area contributed by atoms with E-state index >= 15 is 0 Å². The fraction of sp³-hybridized carbons (Fsp3) is 0.192. The summed E-state index contributed by atoms with van der Waals surface area (Å²) in [5, 5.41) is 4.66. The van der Waals surface area contributed by atoms with Crippen molar-refractivity contribution in [3.05, 3.63) is 95.3 Å². The van der Waals surface area contributed by atoms with Gasteiger partial charge in [0, 0.05) is 42.0 Å². The molecule has 0 unspecified atom stereocenters. The largest absolute Gasteiger partial charge is 0.328 e. The van der Waals surface area contributed by atoms with Crippen molar-refractivity contribution in [1.29, 1.82) is 0 Å². The molecule has 0 aliphatic carbocycles. The Labute approximate surface area is 202 Å². The quantitative estimate of drug-likeness (QED) is 0.419. The molecule has 0 atom stereocenters. The lowest BCUT2D eigenvalue weighted by atomic mass is 9.98. The highest BCUT2D eigenvalue weighted by Gasteiger charge is 2.29. The van der Waals surface area contributed by atoms with E-state index in [9.17, 15) is 17.6 Å². The highest BCUT2D eigenvalue weighted by molar-refractivity contribution is 7.90. The fourth-order valence-electron chi connectivity index (χ4n) is 4.24. The molecular weight excluding hydrogens is 467 g/mol. The van der Waals surface area contributed by atoms with Crippen LogP contribution in [0.25, 0.3) is 16.8 Å². The van der Waals surface area contributed by atoms with Gasteiger partial charge in [0.25, 0.3) is 5.91 Å². The number of aryl methyl sites for hydroxylation is 1. The molecule has 0 fully saturated rings. The second kappa shape index (κ2) is 8.74. The number of nitrogens with zero attached hydrogens (tertiary/aromatic N) is 4. The van der Waals surface area contributed by atoms with E-state index in [1.54, 1.807) is 34.0 Å². The van der Waals surface area contributed by atoms with Gasteiger partial charge in [-0.15, -0.1) is 0 Å². The molecule has 9 heteroatoms. The summed E-state index contributed by atoms with van der Waals surface area (Å²) in [6, 6.07) is 14.1. The summed E-state index contributed by atoms with van der Waals surface area (Å²) >= 11 is 0. The summed E-state index contributed by atoms with van der Waals surface area (Å²) < 4.78 is 40.1. The zero-order valence-corrected chi connectivity index (χ0v) is 20.1. The van der Waals surface area contributed by atoms with Crippen molar-refractivity contribution in [2.75, 3.05) is 6.26 Å². The Morgan fingerprint density at radius 2 is 1.91 bits per heavy atom. The number of hydrogen-bond acceptors (Lipinski definition) is 5. The van der Waals surface area contributed by atoms with Crippen molar-refractivity contribution >= 4 is 15.7 Å². The standard InChI is InChI=1S/C26H23FN4O3S/c1-3-20-12-21(9-10-28-20)31-15-18-14-30(16-25(18)29-31)26(32)24-13-22(35(2,33)34)7-8-23(24)17-5-4-6-19(27)11-17/h4-13,15H,3,14,16H2,1-2H3. The first-order chi connectivity index (χ1) is 16.7. The van der Waals surface area contributed by atoms with E-state index < -0.39 is 15.7 Å². The number of aromatic nitrogens is 3. The molecule has 5 rings (SSSR count). The van der Waals surface area contributed by atoms with Crippen LogP contribution in [0.2, 0.25) is 0 Å². The molecule has 1 aliphatic heterocycles. The van der Waals surface area contributed by atoms with Gasteiger partial charge in [-0.2, -0.15) is 5.10 Å². The average Bonchev–Trinajstić information content (AvgIpc) is 3.42. The molecule has 2 aromatic heterocycles. The smallest absolute Gasteiger partial charge is 0.255 e. The number of pyridine rings is 1. The highest BCUT2D eigenvalue weighted by atomic mass is 32.2. The van der Waals surface area contributed by atoms with Crippen molar-refractivity contribution in [2.45, 2.75) is 31.3 Å². The van der Waals surface area contributed by atoms with Crippen molar-refractivity contribution in [1.82, 2.24) is 19.7 Å². The number of carbonyl (C=O) groups excluding carboxylic acids is 1. The third kappa shape index (κ3) is 4.46. The van der Waals surface area contributed by atoms with Gasteiger partial charge in [-0.3, -0.25) is 9.78 Å². The van der Waals surface area contributed by atoms with Crippen LogP contribution in [0.4, 0.5) is 4.39 Å². The van der Waals surface area contributed by atoms with Gasteiger partial charge in [0.15, 0.2) is 9.84 Å². The predicted octanol–water partition coefficient (Wildman–Crippen LogP) is 4.20. The number of rotatable bonds is 5. The van der Waals surface area contributed by atoms with Crippen LogP contribution in [0.3, 0.4) is 0 Å². The third-order valence-corrected chi connectivity index (χ3v) is 7.19. The van der Waals surface area contributed by atoms with E-state index in [1.807, 2.05) is 25.3 Å². The maximum atomic E-state index is 13.9. The lowest BCUT2D eigenvalue weighted by molar-refractivity contribution is 0.0749. The van der Waals surface area contributed by atoms with Gasteiger partial charge in [0.05, 0.1) is 22.8 Å². The fourth-order valence-corrected chi connectivity index (χ4v) is 4.89. The maximum Gasteiger partial charge on any atom is 0.255 e. The van der Waals surface area contributed by atoms with Crippen LogP contribution in [0.15, 0.2) is 71.9 Å². The Morgan fingerprint density at radius 3 is 2.63 bits per heavy atom. The molecule has 35 heavy (non-hydrogen) atoms. The molecule has 3 heterocycles. The van der Waals surface area contributed by atoms with Gasteiger partial charge in [-0.05, 0) is 53.9 Å². The summed E-state index contributed by atoms with van der Waals surface area (Å²) in [4.78, 5) is 19.6. The van der Waals surface area contributed by atoms with E-state index in [2.05, 4.69) is 10.1 Å². The van der Waals surface area contributed by atoms with Crippen LogP contribution in [0, 0.1) is 5.82 Å². The Balaban J connectivity index is 1.48. The van der Waals surface area contributed by atoms with Crippen LogP contribution >= 0.6 is 0 Å². The molecule has 2 aromatic carbocycles. The van der Waals surface area contributed by atoms with Gasteiger partial charge in [0.2, 0.25) is 0 Å². The molecule has 1 aliphatic rings. The van der Waals surface area contributed by atoms with Crippen LogP contribution in [0.1, 0.15) is 34.2 Å². The minimum atomic E-state index is -3.54. The Morgan fingerprint density at radius 1 is 1.09 bits per heavy atom. The van der Waals surface area contributed by atoms with E-state index in [1.165, 1.54) is 24.3 Å². The molecule has 0 N–H and O–H groups in total. The minimum Gasteiger partial charge on any atom is -0.328 e. The Kier molecular flexibility index (Phi) is 5.72. The summed E-state index contributed by atoms with van der Waals surface area (Å²) in [6.07, 6.45) is 5.56. The van der Waals surface area contributed by atoms with Crippen molar-refractivity contribution < 1.29 is 17.6 Å². The Hall–Kier alpha value is -3.85. The zero-order chi connectivity index (χ0) is 24.7. The van der Waals surface area contributed by atoms with Gasteiger partial charge in [-0.1, -0.05) is 25.1 Å². The Bertz CT molecular complexity index is 1540. The normalized spacial score (nSPS) is 13.2. The van der Waals surface area contributed by atoms with E-state index in [0.29, 0.717) is 24.2 Å². The summed E-state index contributed by atoms with van der Waals surface area (Å²) in [7, 11) is -3.54. The first-order valence-corrected chi connectivity index (χ1v) is 13.0. The average molecular weight is 491 g/mol. The van der Waals surface area contributed by atoms with E-state index in [4.69, 9.17) is 0 Å². The predicted molar refractivity (Wildman–Crippen MR) is 129 cm³/mol. The lowest BCUT2D eigenvalue weighted by Crippen LogP contribution is -2.26. The topological polar surface area (TPSA) is 85.2 Å². The molecular formula is C26H23FN4O3S. The molecule has 0 spiro atoms. The first-order valence-electron chi connectivity index (χ1n) is 11.1. The van der Waals surface area contributed by atoms with E-state index in [0.717, 1.165) is 35.3 Å². The summed E-state index contributed by atoms with van der Waals surface area (Å²) in [5.74, 6) is -0.776. The van der Waals surface area contributed by atoms with Crippen LogP contribution < -0.4 is 0 Å². The number of benzene rings is 2. The molecule has 178 valence electrons. The van der Waals surface area contributed by atoms with Gasteiger partial charge >= 0.3 is 0 Å². The van der Waals surface area contributed by atoms with Crippen molar-refractivity contribution in [2.24, 2.45) is 0 Å². The number of hydrogen-bond donors (Lipinski definition) is 0. The van der Waals surface area contributed by atoms with Crippen molar-refractivity contribution in [3.8, 4) is 16.8 Å². The highest BCUT2D eigenvalue weighted by Crippen LogP contribution is 2.31. The summed E-state index contributed by atoms with van der Waals surface area (Å²) in [5.41, 5.74) is 4.74. The SMILES string of the molecule is CCc1cc(-n2cc3c(n2)CN(C(=O)c2cc(S(C)(=O)=O)ccc2-c2cccc(F)c2)C3)ccn1. The monoisotopic (exact) mass is 490 g/mol. The van der Waals surface area contributed by atoms with Crippen LogP contribution in [-0.4, -0.2) is 40.2 Å². The van der Waals surface area contributed by atoms with Crippen LogP contribution in [0.5, 0.6) is 0 Å². The van der Waals surface area contributed by atoms with Crippen LogP contribution in [-0.2, 0) is 29.3 Å². The molecule has 1 amide bonds. The molecule has 7 nitrogen and oxygen atoms in total. The molecule has 0 saturated heterocycles. The molecule has 0 bridgehead atoms. The van der Waals surface area contributed by atoms with E-state index in [-0.39, 0.29) is 16.4 Å². The number of halogens is 1. The number of fused-ring (bicyclic) bond motifs is 1. The van der Waals surface area contributed by atoms with Gasteiger partial charge in [-0.25, -0.2) is 17.5 Å².